The molecule has 3 nitrogen and oxygen atoms in total. The van der Waals surface area contributed by atoms with Gasteiger partial charge in [0.1, 0.15) is 6.04 Å². The zero-order valence-corrected chi connectivity index (χ0v) is 11.3. The highest BCUT2D eigenvalue weighted by molar-refractivity contribution is 5.83. The van der Waals surface area contributed by atoms with Crippen molar-refractivity contribution < 1.29 is 9.53 Å². The molecular formula is C15H21NO2. The molecule has 1 atom stereocenters. The maximum Gasteiger partial charge on any atom is 0.330 e. The van der Waals surface area contributed by atoms with E-state index < -0.39 is 6.04 Å². The second-order valence-corrected chi connectivity index (χ2v) is 4.59. The van der Waals surface area contributed by atoms with Crippen LogP contribution < -0.4 is 0 Å². The molecule has 0 saturated heterocycles. The number of benzene rings is 1. The lowest BCUT2D eigenvalue weighted by atomic mass is 10.0. The van der Waals surface area contributed by atoms with E-state index in [9.17, 15) is 4.79 Å². The summed E-state index contributed by atoms with van der Waals surface area (Å²) in [6, 6.07) is 9.37. The van der Waals surface area contributed by atoms with Gasteiger partial charge in [0.25, 0.3) is 0 Å². The zero-order chi connectivity index (χ0) is 13.4. The minimum atomic E-state index is -0.398. The van der Waals surface area contributed by atoms with Crippen LogP contribution in [-0.4, -0.2) is 24.8 Å². The number of nitrogens with zero attached hydrogens (tertiary/aromatic N) is 1. The van der Waals surface area contributed by atoms with E-state index in [1.807, 2.05) is 37.3 Å². The third-order valence-corrected chi connectivity index (χ3v) is 2.46. The molecule has 98 valence electrons. The van der Waals surface area contributed by atoms with Crippen molar-refractivity contribution in [1.29, 1.82) is 0 Å². The van der Waals surface area contributed by atoms with Crippen LogP contribution in [0.3, 0.4) is 0 Å². The molecule has 18 heavy (non-hydrogen) atoms. The molecule has 0 amide bonds. The zero-order valence-electron chi connectivity index (χ0n) is 11.3. The van der Waals surface area contributed by atoms with Crippen LogP contribution in [0.15, 0.2) is 35.3 Å². The lowest BCUT2D eigenvalue weighted by Gasteiger charge is -2.13. The minimum absolute atomic E-state index is 0.238. The van der Waals surface area contributed by atoms with E-state index in [-0.39, 0.29) is 5.97 Å². The fraction of sp³-hybridized carbons (Fsp3) is 0.467. The number of rotatable bonds is 6. The Bertz CT molecular complexity index is 385. The monoisotopic (exact) mass is 247 g/mol. The number of hydrogen-bond donors (Lipinski definition) is 0. The summed E-state index contributed by atoms with van der Waals surface area (Å²) < 4.78 is 5.04. The molecule has 0 spiro atoms. The molecule has 1 aromatic rings. The first-order valence-corrected chi connectivity index (χ1v) is 6.38. The van der Waals surface area contributed by atoms with Crippen LogP contribution in [0.4, 0.5) is 0 Å². The molecule has 0 unspecified atom stereocenters. The molecule has 0 bridgehead atoms. The smallest absolute Gasteiger partial charge is 0.330 e. The summed E-state index contributed by atoms with van der Waals surface area (Å²) in [4.78, 5) is 16.1. The van der Waals surface area contributed by atoms with E-state index in [1.54, 1.807) is 6.21 Å². The molecule has 1 rings (SSSR count). The molecule has 0 fully saturated rings. The fourth-order valence-corrected chi connectivity index (χ4v) is 1.62. The van der Waals surface area contributed by atoms with Gasteiger partial charge in [0.05, 0.1) is 6.61 Å². The summed E-state index contributed by atoms with van der Waals surface area (Å²) in [6.45, 7) is 6.36. The second kappa shape index (κ2) is 7.64. The maximum atomic E-state index is 11.8. The Balaban J connectivity index is 2.71. The van der Waals surface area contributed by atoms with Gasteiger partial charge in [-0.2, -0.15) is 0 Å². The lowest BCUT2D eigenvalue weighted by Crippen LogP contribution is -2.23. The molecule has 0 radical (unpaired) electrons. The quantitative estimate of drug-likeness (QED) is 0.572. The van der Waals surface area contributed by atoms with Gasteiger partial charge in [-0.25, -0.2) is 4.79 Å². The Morgan fingerprint density at radius 2 is 2.00 bits per heavy atom. The van der Waals surface area contributed by atoms with Crippen LogP contribution in [-0.2, 0) is 9.53 Å². The first kappa shape index (κ1) is 14.4. The standard InChI is InChI=1S/C15H21NO2/c1-4-18-15(17)14(10-12(2)3)16-11-13-8-6-5-7-9-13/h5-9,11-12,14H,4,10H2,1-3H3/t14-/m0/s1. The fourth-order valence-electron chi connectivity index (χ4n) is 1.62. The van der Waals surface area contributed by atoms with Crippen LogP contribution in [0.5, 0.6) is 0 Å². The highest BCUT2D eigenvalue weighted by Crippen LogP contribution is 2.10. The van der Waals surface area contributed by atoms with Gasteiger partial charge in [-0.05, 0) is 24.8 Å². The van der Waals surface area contributed by atoms with Crippen molar-refractivity contribution in [3.05, 3.63) is 35.9 Å². The summed E-state index contributed by atoms with van der Waals surface area (Å²) in [6.07, 6.45) is 2.45. The number of carbonyl (C=O) groups excluding carboxylic acids is 1. The van der Waals surface area contributed by atoms with Gasteiger partial charge in [-0.1, -0.05) is 44.2 Å². The molecule has 0 aliphatic heterocycles. The molecule has 3 heteroatoms. The molecule has 0 aromatic heterocycles. The number of esters is 1. The van der Waals surface area contributed by atoms with Gasteiger partial charge >= 0.3 is 5.97 Å². The molecule has 0 N–H and O–H groups in total. The molecule has 0 saturated carbocycles. The van der Waals surface area contributed by atoms with E-state index in [1.165, 1.54) is 0 Å². The van der Waals surface area contributed by atoms with E-state index in [2.05, 4.69) is 18.8 Å². The van der Waals surface area contributed by atoms with Crippen molar-refractivity contribution in [2.45, 2.75) is 33.2 Å². The average Bonchev–Trinajstić information content (AvgIpc) is 2.35. The van der Waals surface area contributed by atoms with Crippen molar-refractivity contribution in [2.24, 2.45) is 10.9 Å². The predicted octanol–water partition coefficient (Wildman–Crippen LogP) is 3.08. The summed E-state index contributed by atoms with van der Waals surface area (Å²) in [5.41, 5.74) is 0.996. The van der Waals surface area contributed by atoms with Crippen LogP contribution >= 0.6 is 0 Å². The SMILES string of the molecule is CCOC(=O)[C@H](CC(C)C)N=Cc1ccccc1. The normalized spacial score (nSPS) is 12.9. The van der Waals surface area contributed by atoms with Crippen LogP contribution in [0.2, 0.25) is 0 Å². The van der Waals surface area contributed by atoms with Gasteiger partial charge in [-0.3, -0.25) is 4.99 Å². The third-order valence-electron chi connectivity index (χ3n) is 2.46. The van der Waals surface area contributed by atoms with E-state index in [0.29, 0.717) is 18.9 Å². The maximum absolute atomic E-state index is 11.8. The van der Waals surface area contributed by atoms with Crippen molar-refractivity contribution >= 4 is 12.2 Å². The van der Waals surface area contributed by atoms with E-state index in [0.717, 1.165) is 5.56 Å². The molecule has 0 aliphatic carbocycles. The molecule has 0 heterocycles. The van der Waals surface area contributed by atoms with Gasteiger partial charge in [0, 0.05) is 6.21 Å². The minimum Gasteiger partial charge on any atom is -0.464 e. The number of carbonyl (C=O) groups is 1. The van der Waals surface area contributed by atoms with E-state index >= 15 is 0 Å². The van der Waals surface area contributed by atoms with Gasteiger partial charge in [0.15, 0.2) is 0 Å². The Morgan fingerprint density at radius 3 is 2.56 bits per heavy atom. The first-order valence-electron chi connectivity index (χ1n) is 6.38. The summed E-state index contributed by atoms with van der Waals surface area (Å²) in [5, 5.41) is 0. The van der Waals surface area contributed by atoms with Gasteiger partial charge in [0.2, 0.25) is 0 Å². The topological polar surface area (TPSA) is 38.7 Å². The van der Waals surface area contributed by atoms with Gasteiger partial charge in [-0.15, -0.1) is 0 Å². The number of hydrogen-bond acceptors (Lipinski definition) is 3. The van der Waals surface area contributed by atoms with Crippen molar-refractivity contribution in [2.75, 3.05) is 6.61 Å². The highest BCUT2D eigenvalue weighted by Gasteiger charge is 2.19. The van der Waals surface area contributed by atoms with Crippen LogP contribution in [0.25, 0.3) is 0 Å². The van der Waals surface area contributed by atoms with Gasteiger partial charge < -0.3 is 4.74 Å². The Labute approximate surface area is 109 Å². The summed E-state index contributed by atoms with van der Waals surface area (Å²) in [5.74, 6) is 0.172. The first-order chi connectivity index (χ1) is 8.63. The van der Waals surface area contributed by atoms with E-state index in [4.69, 9.17) is 4.74 Å². The number of ether oxygens (including phenoxy) is 1. The summed E-state index contributed by atoms with van der Waals surface area (Å²) in [7, 11) is 0. The van der Waals surface area contributed by atoms with Crippen LogP contribution in [0, 0.1) is 5.92 Å². The Hall–Kier alpha value is -1.64. The molecular weight excluding hydrogens is 226 g/mol. The third kappa shape index (κ3) is 5.13. The Morgan fingerprint density at radius 1 is 1.33 bits per heavy atom. The molecule has 1 aromatic carbocycles. The van der Waals surface area contributed by atoms with Crippen molar-refractivity contribution in [3.63, 3.8) is 0 Å². The predicted molar refractivity (Wildman–Crippen MR) is 73.9 cm³/mol. The lowest BCUT2D eigenvalue weighted by molar-refractivity contribution is -0.144. The Kier molecular flexibility index (Phi) is 6.12. The second-order valence-electron chi connectivity index (χ2n) is 4.59. The average molecular weight is 247 g/mol. The number of aliphatic imine (C=N–C) groups is 1. The van der Waals surface area contributed by atoms with Crippen molar-refractivity contribution in [3.8, 4) is 0 Å². The van der Waals surface area contributed by atoms with Crippen molar-refractivity contribution in [1.82, 2.24) is 0 Å². The summed E-state index contributed by atoms with van der Waals surface area (Å²) >= 11 is 0. The largest absolute Gasteiger partial charge is 0.464 e. The highest BCUT2D eigenvalue weighted by atomic mass is 16.5. The molecule has 0 aliphatic rings. The van der Waals surface area contributed by atoms with Crippen LogP contribution in [0.1, 0.15) is 32.8 Å².